The van der Waals surface area contributed by atoms with Crippen LogP contribution >= 0.6 is 0 Å². The van der Waals surface area contributed by atoms with Gasteiger partial charge in [0.2, 0.25) is 5.95 Å². The predicted octanol–water partition coefficient (Wildman–Crippen LogP) is 3.38. The van der Waals surface area contributed by atoms with Gasteiger partial charge >= 0.3 is 6.18 Å². The van der Waals surface area contributed by atoms with E-state index in [-0.39, 0.29) is 11.9 Å². The second-order valence-electron chi connectivity index (χ2n) is 7.29. The molecule has 5 rings (SSSR count). The lowest BCUT2D eigenvalue weighted by molar-refractivity contribution is -0.141. The van der Waals surface area contributed by atoms with Crippen LogP contribution < -0.4 is 4.90 Å². The Hall–Kier alpha value is -3.63. The van der Waals surface area contributed by atoms with Crippen LogP contribution in [0.5, 0.6) is 0 Å². The second-order valence-corrected chi connectivity index (χ2v) is 7.29. The van der Waals surface area contributed by atoms with Crippen LogP contribution in [0.3, 0.4) is 0 Å². The number of aromatic nitrogens is 7. The zero-order chi connectivity index (χ0) is 21.4. The van der Waals surface area contributed by atoms with E-state index in [0.29, 0.717) is 31.6 Å². The van der Waals surface area contributed by atoms with Crippen LogP contribution in [0.2, 0.25) is 0 Å². The van der Waals surface area contributed by atoms with Gasteiger partial charge in [0.05, 0.1) is 5.69 Å². The van der Waals surface area contributed by atoms with E-state index in [0.717, 1.165) is 29.3 Å². The molecule has 8 nitrogen and oxygen atoms in total. The molecule has 1 aliphatic heterocycles. The highest BCUT2D eigenvalue weighted by molar-refractivity contribution is 5.58. The van der Waals surface area contributed by atoms with Crippen molar-refractivity contribution < 1.29 is 13.2 Å². The Bertz CT molecular complexity index is 1200. The van der Waals surface area contributed by atoms with Gasteiger partial charge in [-0.25, -0.2) is 9.97 Å². The van der Waals surface area contributed by atoms with Gasteiger partial charge in [-0.05, 0) is 43.2 Å². The molecule has 0 amide bonds. The van der Waals surface area contributed by atoms with Crippen LogP contribution in [0.25, 0.3) is 16.9 Å². The summed E-state index contributed by atoms with van der Waals surface area (Å²) >= 11 is 0. The number of piperidine rings is 1. The van der Waals surface area contributed by atoms with Gasteiger partial charge in [0.15, 0.2) is 11.5 Å². The summed E-state index contributed by atoms with van der Waals surface area (Å²) in [6.07, 6.45) is 1.46. The third kappa shape index (κ3) is 3.78. The Morgan fingerprint density at radius 3 is 2.55 bits per heavy atom. The monoisotopic (exact) mass is 426 g/mol. The summed E-state index contributed by atoms with van der Waals surface area (Å²) in [7, 11) is 0. The van der Waals surface area contributed by atoms with Gasteiger partial charge in [0.25, 0.3) is 0 Å². The van der Waals surface area contributed by atoms with Gasteiger partial charge in [-0.1, -0.05) is 0 Å². The van der Waals surface area contributed by atoms with Gasteiger partial charge in [-0.3, -0.25) is 4.98 Å². The van der Waals surface area contributed by atoms with Gasteiger partial charge in [0.1, 0.15) is 5.69 Å². The number of pyridine rings is 1. The molecule has 0 unspecified atom stereocenters. The van der Waals surface area contributed by atoms with E-state index in [2.05, 4.69) is 30.2 Å². The minimum Gasteiger partial charge on any atom is -0.341 e. The Balaban J connectivity index is 1.36. The third-order valence-electron chi connectivity index (χ3n) is 5.32. The average Bonchev–Trinajstić information content (AvgIpc) is 3.23. The van der Waals surface area contributed by atoms with E-state index in [1.165, 1.54) is 0 Å². The fourth-order valence-corrected chi connectivity index (χ4v) is 3.72. The number of anilines is 1. The van der Waals surface area contributed by atoms with E-state index < -0.39 is 11.9 Å². The summed E-state index contributed by atoms with van der Waals surface area (Å²) < 4.78 is 40.6. The van der Waals surface area contributed by atoms with Crippen molar-refractivity contribution in [2.45, 2.75) is 24.9 Å². The van der Waals surface area contributed by atoms with E-state index in [1.54, 1.807) is 21.8 Å². The molecule has 0 N–H and O–H groups in total. The zero-order valence-electron chi connectivity index (χ0n) is 16.2. The maximum absolute atomic E-state index is 12.9. The lowest BCUT2D eigenvalue weighted by Crippen LogP contribution is -2.35. The van der Waals surface area contributed by atoms with Crippen molar-refractivity contribution in [1.82, 2.24) is 34.8 Å². The summed E-state index contributed by atoms with van der Waals surface area (Å²) in [4.78, 5) is 13.6. The molecule has 0 bridgehead atoms. The number of rotatable bonds is 3. The van der Waals surface area contributed by atoms with Crippen molar-refractivity contribution in [3.05, 3.63) is 60.4 Å². The highest BCUT2D eigenvalue weighted by Crippen LogP contribution is 2.31. The molecule has 0 aliphatic carbocycles. The molecular weight excluding hydrogens is 409 g/mol. The van der Waals surface area contributed by atoms with Crippen molar-refractivity contribution in [3.63, 3.8) is 0 Å². The first-order valence-electron chi connectivity index (χ1n) is 9.77. The second kappa shape index (κ2) is 7.56. The number of alkyl halides is 3. The van der Waals surface area contributed by atoms with Gasteiger partial charge in [-0.15, -0.1) is 10.2 Å². The first-order chi connectivity index (χ1) is 15.0. The molecule has 5 heterocycles. The Labute approximate surface area is 174 Å². The standard InChI is InChI=1S/C20H17F3N8/c21-20(22,23)16-5-9-25-19(26-16)30-10-6-13(7-11-30)18-28-27-17-4-3-15(29-31(17)18)14-2-1-8-24-12-14/h1-5,8-9,12-13H,6-7,10-11H2. The van der Waals surface area contributed by atoms with E-state index >= 15 is 0 Å². The van der Waals surface area contributed by atoms with Crippen LogP contribution in [-0.2, 0) is 6.18 Å². The molecule has 0 saturated carbocycles. The molecule has 0 aromatic carbocycles. The number of nitrogens with zero attached hydrogens (tertiary/aromatic N) is 8. The summed E-state index contributed by atoms with van der Waals surface area (Å²) in [6.45, 7) is 1.03. The first kappa shape index (κ1) is 19.3. The molecule has 4 aromatic rings. The molecular formula is C20H17F3N8. The maximum Gasteiger partial charge on any atom is 0.433 e. The summed E-state index contributed by atoms with van der Waals surface area (Å²) in [5, 5.41) is 13.2. The number of hydrogen-bond acceptors (Lipinski definition) is 7. The topological polar surface area (TPSA) is 85.0 Å². The quantitative estimate of drug-likeness (QED) is 0.497. The third-order valence-corrected chi connectivity index (χ3v) is 5.32. The Kier molecular flexibility index (Phi) is 4.72. The van der Waals surface area contributed by atoms with Crippen molar-refractivity contribution in [2.75, 3.05) is 18.0 Å². The van der Waals surface area contributed by atoms with Crippen LogP contribution in [-0.4, -0.2) is 47.9 Å². The maximum atomic E-state index is 12.9. The normalized spacial score (nSPS) is 15.5. The molecule has 0 atom stereocenters. The lowest BCUT2D eigenvalue weighted by Gasteiger charge is -2.31. The molecule has 31 heavy (non-hydrogen) atoms. The highest BCUT2D eigenvalue weighted by Gasteiger charge is 2.34. The molecule has 1 saturated heterocycles. The van der Waals surface area contributed by atoms with Crippen LogP contribution in [0.15, 0.2) is 48.9 Å². The van der Waals surface area contributed by atoms with Crippen molar-refractivity contribution in [1.29, 1.82) is 0 Å². The fourth-order valence-electron chi connectivity index (χ4n) is 3.72. The molecule has 158 valence electrons. The van der Waals surface area contributed by atoms with E-state index in [4.69, 9.17) is 0 Å². The molecule has 1 aliphatic rings. The SMILES string of the molecule is FC(F)(F)c1ccnc(N2CCC(c3nnc4ccc(-c5cccnc5)nn34)CC2)n1. The smallest absolute Gasteiger partial charge is 0.341 e. The Morgan fingerprint density at radius 1 is 0.968 bits per heavy atom. The van der Waals surface area contributed by atoms with E-state index in [1.807, 2.05) is 24.3 Å². The number of halogens is 3. The minimum absolute atomic E-state index is 0.0775. The molecule has 11 heteroatoms. The van der Waals surface area contributed by atoms with Crippen molar-refractivity contribution in [2.24, 2.45) is 0 Å². The molecule has 0 radical (unpaired) electrons. The van der Waals surface area contributed by atoms with Crippen LogP contribution in [0, 0.1) is 0 Å². The Morgan fingerprint density at radius 2 is 1.81 bits per heavy atom. The number of fused-ring (bicyclic) bond motifs is 1. The predicted molar refractivity (Wildman–Crippen MR) is 105 cm³/mol. The summed E-state index contributed by atoms with van der Waals surface area (Å²) in [5.41, 5.74) is 1.36. The van der Waals surface area contributed by atoms with Crippen LogP contribution in [0.4, 0.5) is 19.1 Å². The molecule has 4 aromatic heterocycles. The molecule has 1 fully saturated rings. The van der Waals surface area contributed by atoms with Crippen molar-refractivity contribution in [3.8, 4) is 11.3 Å². The molecule has 0 spiro atoms. The minimum atomic E-state index is -4.49. The number of hydrogen-bond donors (Lipinski definition) is 0. The zero-order valence-corrected chi connectivity index (χ0v) is 16.2. The van der Waals surface area contributed by atoms with Crippen LogP contribution in [0.1, 0.15) is 30.3 Å². The van der Waals surface area contributed by atoms with Crippen molar-refractivity contribution >= 4 is 11.6 Å². The summed E-state index contributed by atoms with van der Waals surface area (Å²) in [6, 6.07) is 8.39. The average molecular weight is 426 g/mol. The highest BCUT2D eigenvalue weighted by atomic mass is 19.4. The largest absolute Gasteiger partial charge is 0.433 e. The van der Waals surface area contributed by atoms with Gasteiger partial charge < -0.3 is 4.90 Å². The summed E-state index contributed by atoms with van der Waals surface area (Å²) in [5.74, 6) is 0.912. The fraction of sp³-hybridized carbons (Fsp3) is 0.300. The van der Waals surface area contributed by atoms with Gasteiger partial charge in [-0.2, -0.15) is 22.8 Å². The van der Waals surface area contributed by atoms with E-state index in [9.17, 15) is 13.2 Å². The first-order valence-corrected chi connectivity index (χ1v) is 9.77. The lowest BCUT2D eigenvalue weighted by atomic mass is 9.96. The van der Waals surface area contributed by atoms with Gasteiger partial charge in [0, 0.05) is 43.2 Å².